The van der Waals surface area contributed by atoms with Gasteiger partial charge in [0.1, 0.15) is 0 Å². The first-order chi connectivity index (χ1) is 7.66. The maximum Gasteiger partial charge on any atom is 0.225 e. The van der Waals surface area contributed by atoms with E-state index in [9.17, 15) is 0 Å². The third-order valence-corrected chi connectivity index (χ3v) is 3.63. The number of aromatic nitrogens is 2. The molecule has 1 atom stereocenters. The second-order valence-electron chi connectivity index (χ2n) is 4.37. The van der Waals surface area contributed by atoms with Crippen LogP contribution < -0.4 is 4.90 Å². The normalized spacial score (nSPS) is 22.1. The Morgan fingerprint density at radius 3 is 2.75 bits per heavy atom. The average molecular weight is 332 g/mol. The zero-order valence-electron chi connectivity index (χ0n) is 9.73. The van der Waals surface area contributed by atoms with Crippen molar-refractivity contribution in [1.82, 2.24) is 14.9 Å². The van der Waals surface area contributed by atoms with Crippen LogP contribution in [-0.2, 0) is 0 Å². The van der Waals surface area contributed by atoms with Crippen molar-refractivity contribution in [3.05, 3.63) is 16.0 Å². The van der Waals surface area contributed by atoms with Crippen LogP contribution in [0.4, 0.5) is 5.95 Å². The van der Waals surface area contributed by atoms with Gasteiger partial charge in [0.25, 0.3) is 0 Å². The fourth-order valence-corrected chi connectivity index (χ4v) is 2.38. The lowest BCUT2D eigenvalue weighted by atomic mass is 10.1. The smallest absolute Gasteiger partial charge is 0.225 e. The molecule has 1 aromatic heterocycles. The average Bonchev–Trinajstić information content (AvgIpc) is 2.29. The van der Waals surface area contributed by atoms with Crippen molar-refractivity contribution in [2.75, 3.05) is 32.1 Å². The van der Waals surface area contributed by atoms with Crippen LogP contribution in [0.2, 0.25) is 0 Å². The highest BCUT2D eigenvalue weighted by atomic mass is 127. The van der Waals surface area contributed by atoms with E-state index in [1.165, 1.54) is 19.4 Å². The Hall–Kier alpha value is -0.430. The first-order valence-corrected chi connectivity index (χ1v) is 6.63. The maximum absolute atomic E-state index is 4.37. The number of likely N-dealkylation sites (N-methyl/N-ethyl adjacent to an activating group) is 2. The lowest BCUT2D eigenvalue weighted by Crippen LogP contribution is -2.45. The van der Waals surface area contributed by atoms with E-state index < -0.39 is 0 Å². The standard InChI is InChI=1S/C11H17IN4/c1-15-5-3-4-10(8-15)16(2)11-13-6-9(12)7-14-11/h6-7,10H,3-5,8H2,1-2H3. The molecule has 1 unspecified atom stereocenters. The van der Waals surface area contributed by atoms with Gasteiger partial charge in [-0.15, -0.1) is 0 Å². The number of halogens is 1. The van der Waals surface area contributed by atoms with E-state index >= 15 is 0 Å². The van der Waals surface area contributed by atoms with E-state index in [1.807, 2.05) is 12.4 Å². The molecule has 0 amide bonds. The Morgan fingerprint density at radius 2 is 2.12 bits per heavy atom. The molecule has 1 aliphatic heterocycles. The molecule has 0 bridgehead atoms. The largest absolute Gasteiger partial charge is 0.340 e. The first kappa shape index (κ1) is 12.0. The SMILES string of the molecule is CN1CCCC(N(C)c2ncc(I)cn2)C1. The zero-order chi connectivity index (χ0) is 11.5. The maximum atomic E-state index is 4.37. The highest BCUT2D eigenvalue weighted by Gasteiger charge is 2.22. The van der Waals surface area contributed by atoms with Gasteiger partial charge in [-0.3, -0.25) is 0 Å². The van der Waals surface area contributed by atoms with Crippen molar-refractivity contribution in [2.24, 2.45) is 0 Å². The highest BCUT2D eigenvalue weighted by molar-refractivity contribution is 14.1. The summed E-state index contributed by atoms with van der Waals surface area (Å²) < 4.78 is 1.08. The Kier molecular flexibility index (Phi) is 3.96. The molecule has 1 fully saturated rings. The summed E-state index contributed by atoms with van der Waals surface area (Å²) in [6.45, 7) is 2.31. The van der Waals surface area contributed by atoms with E-state index in [4.69, 9.17) is 0 Å². The Balaban J connectivity index is 2.06. The number of rotatable bonds is 2. The molecular formula is C11H17IN4. The van der Waals surface area contributed by atoms with Gasteiger partial charge in [0.2, 0.25) is 5.95 Å². The lowest BCUT2D eigenvalue weighted by Gasteiger charge is -2.35. The number of piperidine rings is 1. The molecule has 5 heteroatoms. The van der Waals surface area contributed by atoms with Crippen LogP contribution in [0, 0.1) is 3.57 Å². The van der Waals surface area contributed by atoms with Crippen LogP contribution in [0.1, 0.15) is 12.8 Å². The molecule has 16 heavy (non-hydrogen) atoms. The molecule has 2 heterocycles. The van der Waals surface area contributed by atoms with Crippen molar-refractivity contribution in [2.45, 2.75) is 18.9 Å². The Morgan fingerprint density at radius 1 is 1.44 bits per heavy atom. The first-order valence-electron chi connectivity index (χ1n) is 5.56. The van der Waals surface area contributed by atoms with Gasteiger partial charge in [0, 0.05) is 35.6 Å². The number of hydrogen-bond acceptors (Lipinski definition) is 4. The fraction of sp³-hybridized carbons (Fsp3) is 0.636. The molecule has 0 aromatic carbocycles. The highest BCUT2D eigenvalue weighted by Crippen LogP contribution is 2.17. The molecule has 0 saturated carbocycles. The van der Waals surface area contributed by atoms with Crippen molar-refractivity contribution < 1.29 is 0 Å². The number of hydrogen-bond donors (Lipinski definition) is 0. The van der Waals surface area contributed by atoms with Gasteiger partial charge in [0.15, 0.2) is 0 Å². The third kappa shape index (κ3) is 2.82. The van der Waals surface area contributed by atoms with Crippen molar-refractivity contribution in [1.29, 1.82) is 0 Å². The van der Waals surface area contributed by atoms with Crippen molar-refractivity contribution >= 4 is 28.5 Å². The molecule has 0 spiro atoms. The Labute approximate surface area is 110 Å². The minimum Gasteiger partial charge on any atom is -0.340 e. The van der Waals surface area contributed by atoms with E-state index in [1.54, 1.807) is 0 Å². The third-order valence-electron chi connectivity index (χ3n) is 3.07. The second-order valence-corrected chi connectivity index (χ2v) is 5.62. The van der Waals surface area contributed by atoms with Gasteiger partial charge in [0.05, 0.1) is 0 Å². The number of anilines is 1. The summed E-state index contributed by atoms with van der Waals surface area (Å²) >= 11 is 2.23. The summed E-state index contributed by atoms with van der Waals surface area (Å²) in [6, 6.07) is 0.541. The Bertz CT molecular complexity index is 340. The van der Waals surface area contributed by atoms with E-state index in [0.29, 0.717) is 6.04 Å². The minimum absolute atomic E-state index is 0.541. The number of likely N-dealkylation sites (tertiary alicyclic amines) is 1. The zero-order valence-corrected chi connectivity index (χ0v) is 11.9. The van der Waals surface area contributed by atoms with E-state index in [-0.39, 0.29) is 0 Å². The van der Waals surface area contributed by atoms with E-state index in [0.717, 1.165) is 16.1 Å². The summed E-state index contributed by atoms with van der Waals surface area (Å²) in [5, 5.41) is 0. The summed E-state index contributed by atoms with van der Waals surface area (Å²) in [5.41, 5.74) is 0. The predicted octanol–water partition coefficient (Wildman–Crippen LogP) is 1.61. The molecule has 0 aliphatic carbocycles. The van der Waals surface area contributed by atoms with Crippen LogP contribution in [0.3, 0.4) is 0 Å². The summed E-state index contributed by atoms with van der Waals surface area (Å²) in [6.07, 6.45) is 6.23. The molecule has 0 radical (unpaired) electrons. The van der Waals surface area contributed by atoms with Gasteiger partial charge in [-0.1, -0.05) is 0 Å². The van der Waals surface area contributed by atoms with Crippen LogP contribution in [0.25, 0.3) is 0 Å². The lowest BCUT2D eigenvalue weighted by molar-refractivity contribution is 0.247. The molecular weight excluding hydrogens is 315 g/mol. The molecule has 0 N–H and O–H groups in total. The molecule has 1 saturated heterocycles. The van der Waals surface area contributed by atoms with Crippen molar-refractivity contribution in [3.8, 4) is 0 Å². The van der Waals surface area contributed by atoms with E-state index in [2.05, 4.69) is 56.5 Å². The summed E-state index contributed by atoms with van der Waals surface area (Å²) in [7, 11) is 4.26. The van der Waals surface area contributed by atoms with Gasteiger partial charge >= 0.3 is 0 Å². The molecule has 1 aliphatic rings. The van der Waals surface area contributed by atoms with Crippen molar-refractivity contribution in [3.63, 3.8) is 0 Å². The van der Waals surface area contributed by atoms with Crippen LogP contribution in [-0.4, -0.2) is 48.1 Å². The van der Waals surface area contributed by atoms with Gasteiger partial charge in [-0.25, -0.2) is 9.97 Å². The molecule has 1 aromatic rings. The van der Waals surface area contributed by atoms with Gasteiger partial charge in [-0.05, 0) is 49.0 Å². The summed E-state index contributed by atoms with van der Waals surface area (Å²) in [5.74, 6) is 0.834. The molecule has 88 valence electrons. The quantitative estimate of drug-likeness (QED) is 0.771. The minimum atomic E-state index is 0.541. The van der Waals surface area contributed by atoms with Crippen LogP contribution in [0.15, 0.2) is 12.4 Å². The fourth-order valence-electron chi connectivity index (χ4n) is 2.11. The monoisotopic (exact) mass is 332 g/mol. The van der Waals surface area contributed by atoms with Gasteiger partial charge < -0.3 is 9.80 Å². The second kappa shape index (κ2) is 5.27. The van der Waals surface area contributed by atoms with Gasteiger partial charge in [-0.2, -0.15) is 0 Å². The molecule has 4 nitrogen and oxygen atoms in total. The van der Waals surface area contributed by atoms with Crippen LogP contribution in [0.5, 0.6) is 0 Å². The molecule has 2 rings (SSSR count). The topological polar surface area (TPSA) is 32.3 Å². The van der Waals surface area contributed by atoms with Crippen LogP contribution >= 0.6 is 22.6 Å². The predicted molar refractivity (Wildman–Crippen MR) is 73.7 cm³/mol. The summed E-state index contributed by atoms with van der Waals surface area (Å²) in [4.78, 5) is 13.3. The number of nitrogens with zero attached hydrogens (tertiary/aromatic N) is 4.